The fraction of sp³-hybridized carbons (Fsp3) is 0.625. The highest BCUT2D eigenvalue weighted by Gasteiger charge is 2.40. The molecule has 0 saturated heterocycles. The molecular formula is C8H14O8S. The van der Waals surface area contributed by atoms with E-state index in [0.29, 0.717) is 5.75 Å². The number of aliphatic carboxylic acids is 3. The SMILES string of the molecule is O=C(O)CC(O)(CC(=O)O)C(=O)O.OCCS. The van der Waals surface area contributed by atoms with E-state index in [1.165, 1.54) is 0 Å². The van der Waals surface area contributed by atoms with Gasteiger partial charge in [-0.2, -0.15) is 12.6 Å². The van der Waals surface area contributed by atoms with Gasteiger partial charge in [-0.15, -0.1) is 0 Å². The summed E-state index contributed by atoms with van der Waals surface area (Å²) >= 11 is 3.67. The van der Waals surface area contributed by atoms with Crippen molar-refractivity contribution >= 4 is 30.5 Å². The molecule has 0 amide bonds. The van der Waals surface area contributed by atoms with Crippen LogP contribution in [0.4, 0.5) is 0 Å². The molecule has 0 aromatic rings. The zero-order valence-corrected chi connectivity index (χ0v) is 9.63. The van der Waals surface area contributed by atoms with Gasteiger partial charge in [0.15, 0.2) is 5.60 Å². The Bertz CT molecular complexity index is 259. The van der Waals surface area contributed by atoms with Crippen molar-refractivity contribution in [1.82, 2.24) is 0 Å². The van der Waals surface area contributed by atoms with Gasteiger partial charge >= 0.3 is 17.9 Å². The Labute approximate surface area is 102 Å². The number of carbonyl (C=O) groups is 3. The quantitative estimate of drug-likeness (QED) is 0.324. The molecule has 0 aliphatic rings. The van der Waals surface area contributed by atoms with Gasteiger partial charge in [0, 0.05) is 5.75 Å². The lowest BCUT2D eigenvalue weighted by molar-refractivity contribution is -0.170. The molecular weight excluding hydrogens is 256 g/mol. The van der Waals surface area contributed by atoms with Crippen molar-refractivity contribution in [3.8, 4) is 0 Å². The van der Waals surface area contributed by atoms with Gasteiger partial charge in [0.2, 0.25) is 0 Å². The molecule has 0 heterocycles. The molecule has 0 rings (SSSR count). The third-order valence-corrected chi connectivity index (χ3v) is 1.59. The van der Waals surface area contributed by atoms with Gasteiger partial charge in [0.05, 0.1) is 19.4 Å². The Balaban J connectivity index is 0. The number of thiol groups is 1. The normalized spacial score (nSPS) is 10.1. The summed E-state index contributed by atoms with van der Waals surface area (Å²) in [7, 11) is 0. The summed E-state index contributed by atoms with van der Waals surface area (Å²) in [6.45, 7) is 0.184. The maximum absolute atomic E-state index is 10.3. The van der Waals surface area contributed by atoms with E-state index in [4.69, 9.17) is 25.5 Å². The van der Waals surface area contributed by atoms with E-state index < -0.39 is 36.4 Å². The van der Waals surface area contributed by atoms with Gasteiger partial charge < -0.3 is 25.5 Å². The first-order valence-corrected chi connectivity index (χ1v) is 4.94. The third kappa shape index (κ3) is 9.60. The Morgan fingerprint density at radius 3 is 1.41 bits per heavy atom. The Kier molecular flexibility index (Phi) is 9.33. The minimum Gasteiger partial charge on any atom is -0.481 e. The van der Waals surface area contributed by atoms with Crippen LogP contribution in [0.25, 0.3) is 0 Å². The standard InChI is InChI=1S/C6H8O7.C2H6OS/c7-3(8)1-6(13,5(11)12)2-4(9)10;3-1-2-4/h13H,1-2H2,(H,7,8)(H,9,10)(H,11,12);3-4H,1-2H2. The summed E-state index contributed by atoms with van der Waals surface area (Å²) in [4.78, 5) is 30.5. The van der Waals surface area contributed by atoms with Crippen LogP contribution >= 0.6 is 12.6 Å². The number of carboxylic acid groups (broad SMARTS) is 3. The second-order valence-electron chi connectivity index (χ2n) is 2.92. The van der Waals surface area contributed by atoms with Gasteiger partial charge in [-0.1, -0.05) is 0 Å². The number of aliphatic hydroxyl groups excluding tert-OH is 1. The molecule has 8 nitrogen and oxygen atoms in total. The molecule has 0 atom stereocenters. The molecule has 0 aromatic carbocycles. The van der Waals surface area contributed by atoms with Crippen molar-refractivity contribution in [2.45, 2.75) is 18.4 Å². The zero-order valence-electron chi connectivity index (χ0n) is 8.74. The van der Waals surface area contributed by atoms with Crippen molar-refractivity contribution < 1.29 is 39.9 Å². The van der Waals surface area contributed by atoms with Crippen molar-refractivity contribution in [3.05, 3.63) is 0 Å². The largest absolute Gasteiger partial charge is 0.481 e. The maximum Gasteiger partial charge on any atom is 0.336 e. The van der Waals surface area contributed by atoms with Crippen molar-refractivity contribution in [3.63, 3.8) is 0 Å². The molecule has 0 spiro atoms. The lowest BCUT2D eigenvalue weighted by Gasteiger charge is -2.18. The van der Waals surface area contributed by atoms with Crippen molar-refractivity contribution in [2.75, 3.05) is 12.4 Å². The van der Waals surface area contributed by atoms with Gasteiger partial charge in [0.25, 0.3) is 0 Å². The van der Waals surface area contributed by atoms with Crippen LogP contribution < -0.4 is 0 Å². The van der Waals surface area contributed by atoms with E-state index >= 15 is 0 Å². The van der Waals surface area contributed by atoms with E-state index in [1.807, 2.05) is 0 Å². The first-order chi connectivity index (χ1) is 7.69. The third-order valence-electron chi connectivity index (χ3n) is 1.39. The first kappa shape index (κ1) is 18.1. The summed E-state index contributed by atoms with van der Waals surface area (Å²) in [5.41, 5.74) is -2.74. The van der Waals surface area contributed by atoms with E-state index in [-0.39, 0.29) is 6.61 Å². The summed E-state index contributed by atoms with van der Waals surface area (Å²) in [5.74, 6) is -4.45. The number of hydrogen-bond acceptors (Lipinski definition) is 6. The Hall–Kier alpha value is -1.32. The van der Waals surface area contributed by atoms with Crippen LogP contribution in [0, 0.1) is 0 Å². The summed E-state index contributed by atoms with van der Waals surface area (Å²) < 4.78 is 0. The molecule has 0 aliphatic heterocycles. The van der Waals surface area contributed by atoms with Crippen LogP contribution in [0.5, 0.6) is 0 Å². The van der Waals surface area contributed by atoms with Crippen LogP contribution in [0.1, 0.15) is 12.8 Å². The number of rotatable bonds is 6. The fourth-order valence-electron chi connectivity index (χ4n) is 0.714. The van der Waals surface area contributed by atoms with E-state index in [2.05, 4.69) is 12.6 Å². The van der Waals surface area contributed by atoms with E-state index in [0.717, 1.165) is 0 Å². The lowest BCUT2D eigenvalue weighted by Crippen LogP contribution is -2.42. The van der Waals surface area contributed by atoms with Gasteiger partial charge in [0.1, 0.15) is 0 Å². The monoisotopic (exact) mass is 270 g/mol. The van der Waals surface area contributed by atoms with Crippen LogP contribution in [-0.2, 0) is 14.4 Å². The summed E-state index contributed by atoms with van der Waals surface area (Å²) in [6, 6.07) is 0. The molecule has 0 radical (unpaired) electrons. The molecule has 0 aromatic heterocycles. The molecule has 100 valence electrons. The molecule has 5 N–H and O–H groups in total. The number of carboxylic acids is 3. The second kappa shape index (κ2) is 8.79. The first-order valence-electron chi connectivity index (χ1n) is 4.30. The molecule has 0 saturated carbocycles. The summed E-state index contributed by atoms with van der Waals surface area (Å²) in [5, 5.41) is 41.6. The number of aliphatic hydroxyl groups is 2. The predicted octanol–water partition coefficient (Wildman–Crippen LogP) is -1.34. The Morgan fingerprint density at radius 2 is 1.29 bits per heavy atom. The molecule has 17 heavy (non-hydrogen) atoms. The van der Waals surface area contributed by atoms with E-state index in [9.17, 15) is 14.4 Å². The zero-order chi connectivity index (χ0) is 14.1. The smallest absolute Gasteiger partial charge is 0.336 e. The van der Waals surface area contributed by atoms with Crippen molar-refractivity contribution in [2.24, 2.45) is 0 Å². The molecule has 0 fully saturated rings. The highest BCUT2D eigenvalue weighted by molar-refractivity contribution is 7.80. The fourth-order valence-corrected chi connectivity index (χ4v) is 0.714. The van der Waals surface area contributed by atoms with Crippen LogP contribution in [-0.4, -0.2) is 61.4 Å². The molecule has 9 heteroatoms. The predicted molar refractivity (Wildman–Crippen MR) is 58.0 cm³/mol. The van der Waals surface area contributed by atoms with E-state index in [1.54, 1.807) is 0 Å². The average Bonchev–Trinajstić information content (AvgIpc) is 2.15. The van der Waals surface area contributed by atoms with Gasteiger partial charge in [-0.05, 0) is 0 Å². The molecule has 0 aliphatic carbocycles. The highest BCUT2D eigenvalue weighted by Crippen LogP contribution is 2.15. The lowest BCUT2D eigenvalue weighted by atomic mass is 9.96. The van der Waals surface area contributed by atoms with Gasteiger partial charge in [-0.25, -0.2) is 4.79 Å². The molecule has 0 bridgehead atoms. The minimum atomic E-state index is -2.74. The van der Waals surface area contributed by atoms with Crippen molar-refractivity contribution in [1.29, 1.82) is 0 Å². The number of hydrogen-bond donors (Lipinski definition) is 6. The highest BCUT2D eigenvalue weighted by atomic mass is 32.1. The second-order valence-corrected chi connectivity index (χ2v) is 3.37. The van der Waals surface area contributed by atoms with Crippen LogP contribution in [0.15, 0.2) is 0 Å². The topological polar surface area (TPSA) is 152 Å². The van der Waals surface area contributed by atoms with Crippen LogP contribution in [0.2, 0.25) is 0 Å². The minimum absolute atomic E-state index is 0.184. The Morgan fingerprint density at radius 1 is 1.00 bits per heavy atom. The van der Waals surface area contributed by atoms with Gasteiger partial charge in [-0.3, -0.25) is 9.59 Å². The summed E-state index contributed by atoms with van der Waals surface area (Å²) in [6.07, 6.45) is -2.29. The average molecular weight is 270 g/mol. The molecule has 0 unspecified atom stereocenters. The van der Waals surface area contributed by atoms with Crippen LogP contribution in [0.3, 0.4) is 0 Å². The maximum atomic E-state index is 10.3.